The van der Waals surface area contributed by atoms with Gasteiger partial charge in [-0.3, -0.25) is 0 Å². The van der Waals surface area contributed by atoms with Crippen molar-refractivity contribution in [1.82, 2.24) is 5.32 Å². The number of ether oxygens (including phenoxy) is 1. The molecule has 0 fully saturated rings. The molecule has 2 rings (SSSR count). The van der Waals surface area contributed by atoms with Crippen LogP contribution in [-0.2, 0) is 13.2 Å². The lowest BCUT2D eigenvalue weighted by atomic mass is 10.2. The molecule has 1 N–H and O–H groups in total. The summed E-state index contributed by atoms with van der Waals surface area (Å²) in [6.07, 6.45) is 0. The zero-order chi connectivity index (χ0) is 14.4. The minimum atomic E-state index is 0.492. The largest absolute Gasteiger partial charge is 0.489 e. The lowest BCUT2D eigenvalue weighted by molar-refractivity contribution is 0.306. The first kappa shape index (κ1) is 15.3. The van der Waals surface area contributed by atoms with Crippen LogP contribution in [0.3, 0.4) is 0 Å². The number of hydrogen-bond acceptors (Lipinski definition) is 2. The van der Waals surface area contributed by atoms with E-state index in [0.29, 0.717) is 12.6 Å². The molecule has 2 aromatic carbocycles. The highest BCUT2D eigenvalue weighted by Gasteiger charge is 2.00. The lowest BCUT2D eigenvalue weighted by Crippen LogP contribution is -2.21. The maximum absolute atomic E-state index is 5.85. The van der Waals surface area contributed by atoms with Crippen molar-refractivity contribution in [3.8, 4) is 5.75 Å². The highest BCUT2D eigenvalue weighted by molar-refractivity contribution is 14.1. The average molecular weight is 381 g/mol. The summed E-state index contributed by atoms with van der Waals surface area (Å²) in [6.45, 7) is 5.78. The zero-order valence-electron chi connectivity index (χ0n) is 11.9. The average Bonchev–Trinajstić information content (AvgIpc) is 2.45. The Hall–Kier alpha value is -1.07. The summed E-state index contributed by atoms with van der Waals surface area (Å²) in [5.74, 6) is 0.923. The molecule has 0 aliphatic heterocycles. The predicted octanol–water partition coefficient (Wildman–Crippen LogP) is 4.37. The number of hydrogen-bond donors (Lipinski definition) is 1. The predicted molar refractivity (Wildman–Crippen MR) is 91.9 cm³/mol. The summed E-state index contributed by atoms with van der Waals surface area (Å²) in [5.41, 5.74) is 2.44. The van der Waals surface area contributed by atoms with Gasteiger partial charge in [-0.2, -0.15) is 0 Å². The van der Waals surface area contributed by atoms with Gasteiger partial charge in [0.15, 0.2) is 0 Å². The van der Waals surface area contributed by atoms with Crippen molar-refractivity contribution in [3.05, 3.63) is 63.2 Å². The van der Waals surface area contributed by atoms with Gasteiger partial charge in [0.2, 0.25) is 0 Å². The molecule has 106 valence electrons. The van der Waals surface area contributed by atoms with Crippen molar-refractivity contribution in [2.24, 2.45) is 0 Å². The van der Waals surface area contributed by atoms with Crippen LogP contribution in [0.1, 0.15) is 25.0 Å². The Balaban J connectivity index is 1.92. The standard InChI is InChI=1S/C17H20INO/c1-13(2)19-11-15-4-3-5-17(10-15)20-12-14-6-8-16(18)9-7-14/h3-10,13,19H,11-12H2,1-2H3. The van der Waals surface area contributed by atoms with Gasteiger partial charge in [0, 0.05) is 16.2 Å². The van der Waals surface area contributed by atoms with Crippen LogP contribution in [0.2, 0.25) is 0 Å². The van der Waals surface area contributed by atoms with Gasteiger partial charge in [-0.15, -0.1) is 0 Å². The monoisotopic (exact) mass is 381 g/mol. The second kappa shape index (κ2) is 7.64. The Bertz CT molecular complexity index is 537. The molecule has 0 bridgehead atoms. The Morgan fingerprint density at radius 3 is 2.50 bits per heavy atom. The quantitative estimate of drug-likeness (QED) is 0.751. The van der Waals surface area contributed by atoms with Gasteiger partial charge in [0.05, 0.1) is 0 Å². The fourth-order valence-corrected chi connectivity index (χ4v) is 2.17. The van der Waals surface area contributed by atoms with Crippen LogP contribution in [0.25, 0.3) is 0 Å². The molecule has 0 aromatic heterocycles. The van der Waals surface area contributed by atoms with E-state index in [9.17, 15) is 0 Å². The normalized spacial score (nSPS) is 10.8. The van der Waals surface area contributed by atoms with E-state index in [2.05, 4.69) is 78.2 Å². The Labute approximate surface area is 134 Å². The first-order valence-corrected chi connectivity index (χ1v) is 7.91. The summed E-state index contributed by atoms with van der Waals surface area (Å²) < 4.78 is 7.09. The van der Waals surface area contributed by atoms with E-state index in [1.54, 1.807) is 0 Å². The topological polar surface area (TPSA) is 21.3 Å². The second-order valence-corrected chi connectivity index (χ2v) is 6.34. The molecule has 0 amide bonds. The molecular formula is C17H20INO. The summed E-state index contributed by atoms with van der Waals surface area (Å²) >= 11 is 2.31. The molecule has 2 aromatic rings. The molecule has 20 heavy (non-hydrogen) atoms. The van der Waals surface area contributed by atoms with Crippen molar-refractivity contribution < 1.29 is 4.74 Å². The van der Waals surface area contributed by atoms with E-state index >= 15 is 0 Å². The van der Waals surface area contributed by atoms with Crippen molar-refractivity contribution in [3.63, 3.8) is 0 Å². The fourth-order valence-electron chi connectivity index (χ4n) is 1.81. The maximum atomic E-state index is 5.85. The third-order valence-corrected chi connectivity index (χ3v) is 3.65. The molecule has 0 saturated heterocycles. The highest BCUT2D eigenvalue weighted by atomic mass is 127. The molecule has 3 heteroatoms. The summed E-state index contributed by atoms with van der Waals surface area (Å²) in [5, 5.41) is 3.41. The van der Waals surface area contributed by atoms with E-state index in [1.807, 2.05) is 12.1 Å². The molecule has 0 radical (unpaired) electrons. The van der Waals surface area contributed by atoms with Crippen molar-refractivity contribution >= 4 is 22.6 Å². The highest BCUT2D eigenvalue weighted by Crippen LogP contribution is 2.16. The molecule has 0 unspecified atom stereocenters. The first-order valence-electron chi connectivity index (χ1n) is 6.83. The first-order chi connectivity index (χ1) is 9.63. The van der Waals surface area contributed by atoms with Gasteiger partial charge in [-0.25, -0.2) is 0 Å². The van der Waals surface area contributed by atoms with Crippen LogP contribution < -0.4 is 10.1 Å². The molecule has 0 heterocycles. The van der Waals surface area contributed by atoms with E-state index < -0.39 is 0 Å². The van der Waals surface area contributed by atoms with Crippen molar-refractivity contribution in [1.29, 1.82) is 0 Å². The Morgan fingerprint density at radius 1 is 1.05 bits per heavy atom. The summed E-state index contributed by atoms with van der Waals surface area (Å²) in [7, 11) is 0. The van der Waals surface area contributed by atoms with Gasteiger partial charge >= 0.3 is 0 Å². The third kappa shape index (κ3) is 5.13. The van der Waals surface area contributed by atoms with E-state index in [4.69, 9.17) is 4.74 Å². The van der Waals surface area contributed by atoms with Gasteiger partial charge < -0.3 is 10.1 Å². The molecule has 0 saturated carbocycles. The Morgan fingerprint density at radius 2 is 1.80 bits per heavy atom. The van der Waals surface area contributed by atoms with Crippen LogP contribution in [0.15, 0.2) is 48.5 Å². The number of benzene rings is 2. The van der Waals surface area contributed by atoms with Crippen LogP contribution in [-0.4, -0.2) is 6.04 Å². The van der Waals surface area contributed by atoms with Gasteiger partial charge in [0.1, 0.15) is 12.4 Å². The number of nitrogens with one attached hydrogen (secondary N) is 1. The molecule has 0 aliphatic carbocycles. The molecular weight excluding hydrogens is 361 g/mol. The van der Waals surface area contributed by atoms with Crippen molar-refractivity contribution in [2.75, 3.05) is 0 Å². The van der Waals surface area contributed by atoms with Gasteiger partial charge in [-0.05, 0) is 58.0 Å². The summed E-state index contributed by atoms with van der Waals surface area (Å²) in [6, 6.07) is 17.2. The SMILES string of the molecule is CC(C)NCc1cccc(OCc2ccc(I)cc2)c1. The molecule has 2 nitrogen and oxygen atoms in total. The van der Waals surface area contributed by atoms with Gasteiger partial charge in [-0.1, -0.05) is 38.1 Å². The van der Waals surface area contributed by atoms with Crippen LogP contribution >= 0.6 is 22.6 Å². The molecule has 0 atom stereocenters. The zero-order valence-corrected chi connectivity index (χ0v) is 14.1. The minimum absolute atomic E-state index is 0.492. The molecule has 0 spiro atoms. The minimum Gasteiger partial charge on any atom is -0.489 e. The lowest BCUT2D eigenvalue weighted by Gasteiger charge is -2.10. The van der Waals surface area contributed by atoms with E-state index in [1.165, 1.54) is 14.7 Å². The second-order valence-electron chi connectivity index (χ2n) is 5.10. The maximum Gasteiger partial charge on any atom is 0.120 e. The van der Waals surface area contributed by atoms with Crippen molar-refractivity contribution in [2.45, 2.75) is 33.0 Å². The van der Waals surface area contributed by atoms with E-state index in [0.717, 1.165) is 12.3 Å². The fraction of sp³-hybridized carbons (Fsp3) is 0.294. The molecule has 0 aliphatic rings. The number of halogens is 1. The van der Waals surface area contributed by atoms with Crippen LogP contribution in [0.4, 0.5) is 0 Å². The van der Waals surface area contributed by atoms with Crippen LogP contribution in [0, 0.1) is 3.57 Å². The summed E-state index contributed by atoms with van der Waals surface area (Å²) in [4.78, 5) is 0. The smallest absolute Gasteiger partial charge is 0.120 e. The van der Waals surface area contributed by atoms with E-state index in [-0.39, 0.29) is 0 Å². The number of rotatable bonds is 6. The van der Waals surface area contributed by atoms with Gasteiger partial charge in [0.25, 0.3) is 0 Å². The van der Waals surface area contributed by atoms with Crippen LogP contribution in [0.5, 0.6) is 5.75 Å². The Kier molecular flexibility index (Phi) is 5.86. The third-order valence-electron chi connectivity index (χ3n) is 2.93.